The maximum atomic E-state index is 12.6. The number of para-hydroxylation sites is 1. The minimum atomic E-state index is -0.0342. The number of likely N-dealkylation sites (tertiary alicyclic amines) is 1. The van der Waals surface area contributed by atoms with Crippen molar-refractivity contribution in [3.8, 4) is 0 Å². The number of hydrogen-bond acceptors (Lipinski definition) is 4. The topological polar surface area (TPSA) is 59.2 Å². The summed E-state index contributed by atoms with van der Waals surface area (Å²) in [4.78, 5) is 23.1. The van der Waals surface area contributed by atoms with E-state index < -0.39 is 0 Å². The van der Waals surface area contributed by atoms with Crippen LogP contribution in [0.4, 0.5) is 0 Å². The molecule has 5 nitrogen and oxygen atoms in total. The van der Waals surface area contributed by atoms with E-state index in [9.17, 15) is 4.79 Å². The van der Waals surface area contributed by atoms with E-state index in [-0.39, 0.29) is 5.91 Å². The molecule has 134 valence electrons. The summed E-state index contributed by atoms with van der Waals surface area (Å²) in [6.07, 6.45) is 7.51. The molecule has 4 rings (SSSR count). The van der Waals surface area contributed by atoms with Gasteiger partial charge in [-0.05, 0) is 56.2 Å². The molecule has 1 amide bonds. The number of amides is 1. The highest BCUT2D eigenvalue weighted by Gasteiger charge is 2.25. The maximum Gasteiger partial charge on any atom is 0.291 e. The molecule has 5 heteroatoms. The zero-order valence-corrected chi connectivity index (χ0v) is 15.0. The summed E-state index contributed by atoms with van der Waals surface area (Å²) in [6, 6.07) is 10.5. The van der Waals surface area contributed by atoms with E-state index in [0.717, 1.165) is 44.3 Å². The minimum Gasteiger partial charge on any atom is -0.438 e. The second-order valence-corrected chi connectivity index (χ2v) is 7.10. The lowest BCUT2D eigenvalue weighted by Crippen LogP contribution is -2.32. The highest BCUT2D eigenvalue weighted by molar-refractivity contribution is 5.92. The Morgan fingerprint density at radius 1 is 1.23 bits per heavy atom. The third-order valence-electron chi connectivity index (χ3n) is 5.25. The first-order valence-electron chi connectivity index (χ1n) is 9.24. The van der Waals surface area contributed by atoms with Gasteiger partial charge in [0.2, 0.25) is 5.76 Å². The van der Waals surface area contributed by atoms with Gasteiger partial charge in [0.1, 0.15) is 0 Å². The lowest BCUT2D eigenvalue weighted by atomic mass is 9.93. The predicted molar refractivity (Wildman–Crippen MR) is 99.9 cm³/mol. The van der Waals surface area contributed by atoms with Crippen LogP contribution in [0.15, 0.2) is 47.3 Å². The molecule has 0 spiro atoms. The number of benzene rings is 1. The van der Waals surface area contributed by atoms with E-state index in [2.05, 4.69) is 28.2 Å². The Labute approximate surface area is 153 Å². The number of carbonyl (C=O) groups excluding carboxylic acids is 1. The molecule has 1 aliphatic rings. The van der Waals surface area contributed by atoms with E-state index in [1.807, 2.05) is 30.2 Å². The molecule has 1 saturated heterocycles. The van der Waals surface area contributed by atoms with Crippen LogP contribution < -0.4 is 0 Å². The molecule has 0 N–H and O–H groups in total. The standard InChI is InChI=1S/C21H23N3O2/c1-15-20(26-14-23-15)21(25)24-9-4-5-16(8-10-24)11-17-12-18-6-2-3-7-19(18)22-13-17/h2-3,6-7,12-14,16H,4-5,8-11H2,1H3/t16-/m0/s1. The smallest absolute Gasteiger partial charge is 0.291 e. The van der Waals surface area contributed by atoms with Gasteiger partial charge in [0.25, 0.3) is 5.91 Å². The van der Waals surface area contributed by atoms with Crippen molar-refractivity contribution in [3.05, 3.63) is 59.9 Å². The van der Waals surface area contributed by atoms with Crippen molar-refractivity contribution in [3.63, 3.8) is 0 Å². The largest absolute Gasteiger partial charge is 0.438 e. The molecule has 1 aliphatic heterocycles. The van der Waals surface area contributed by atoms with Crippen molar-refractivity contribution >= 4 is 16.8 Å². The lowest BCUT2D eigenvalue weighted by Gasteiger charge is -2.19. The van der Waals surface area contributed by atoms with Gasteiger partial charge in [-0.3, -0.25) is 9.78 Å². The van der Waals surface area contributed by atoms with Crippen LogP contribution in [-0.2, 0) is 6.42 Å². The number of pyridine rings is 1. The second kappa shape index (κ2) is 7.28. The summed E-state index contributed by atoms with van der Waals surface area (Å²) < 4.78 is 5.27. The molecule has 26 heavy (non-hydrogen) atoms. The number of oxazole rings is 1. The van der Waals surface area contributed by atoms with Crippen molar-refractivity contribution in [2.75, 3.05) is 13.1 Å². The van der Waals surface area contributed by atoms with Gasteiger partial charge in [-0.2, -0.15) is 0 Å². The van der Waals surface area contributed by atoms with E-state index in [4.69, 9.17) is 4.42 Å². The third kappa shape index (κ3) is 3.47. The van der Waals surface area contributed by atoms with Gasteiger partial charge in [-0.1, -0.05) is 18.2 Å². The molecule has 0 radical (unpaired) electrons. The first-order valence-corrected chi connectivity index (χ1v) is 9.24. The molecular weight excluding hydrogens is 326 g/mol. The first-order chi connectivity index (χ1) is 12.7. The SMILES string of the molecule is Cc1ncoc1C(=O)N1CCC[C@H](Cc2cnc3ccccc3c2)CC1. The van der Waals surface area contributed by atoms with Crippen LogP contribution in [0.1, 0.15) is 41.1 Å². The van der Waals surface area contributed by atoms with E-state index in [1.165, 1.54) is 17.3 Å². The summed E-state index contributed by atoms with van der Waals surface area (Å²) in [7, 11) is 0. The third-order valence-corrected chi connectivity index (χ3v) is 5.25. The average Bonchev–Trinajstić information content (AvgIpc) is 2.95. The molecule has 0 saturated carbocycles. The van der Waals surface area contributed by atoms with Crippen molar-refractivity contribution in [2.24, 2.45) is 5.92 Å². The lowest BCUT2D eigenvalue weighted by molar-refractivity contribution is 0.0727. The van der Waals surface area contributed by atoms with Gasteiger partial charge in [0.15, 0.2) is 6.39 Å². The normalized spacial score (nSPS) is 18.0. The van der Waals surface area contributed by atoms with Crippen LogP contribution in [0.5, 0.6) is 0 Å². The number of rotatable bonds is 3. The number of fused-ring (bicyclic) bond motifs is 1. The fraction of sp³-hybridized carbons (Fsp3) is 0.381. The fourth-order valence-electron chi connectivity index (χ4n) is 3.78. The van der Waals surface area contributed by atoms with Crippen LogP contribution in [0.25, 0.3) is 10.9 Å². The summed E-state index contributed by atoms with van der Waals surface area (Å²) in [5, 5.41) is 1.19. The molecule has 0 aliphatic carbocycles. The van der Waals surface area contributed by atoms with Crippen molar-refractivity contribution in [1.82, 2.24) is 14.9 Å². The number of aromatic nitrogens is 2. The van der Waals surface area contributed by atoms with E-state index in [0.29, 0.717) is 17.4 Å². The summed E-state index contributed by atoms with van der Waals surface area (Å²) >= 11 is 0. The second-order valence-electron chi connectivity index (χ2n) is 7.10. The Kier molecular flexibility index (Phi) is 4.69. The fourth-order valence-corrected chi connectivity index (χ4v) is 3.78. The van der Waals surface area contributed by atoms with Gasteiger partial charge in [0.05, 0.1) is 11.2 Å². The Morgan fingerprint density at radius 2 is 2.12 bits per heavy atom. The maximum absolute atomic E-state index is 12.6. The Morgan fingerprint density at radius 3 is 2.96 bits per heavy atom. The Balaban J connectivity index is 1.41. The van der Waals surface area contributed by atoms with Gasteiger partial charge in [-0.25, -0.2) is 4.98 Å². The highest BCUT2D eigenvalue weighted by atomic mass is 16.3. The molecule has 1 fully saturated rings. The number of carbonyl (C=O) groups is 1. The summed E-state index contributed by atoms with van der Waals surface area (Å²) in [5.74, 6) is 0.918. The quantitative estimate of drug-likeness (QED) is 0.717. The Bertz CT molecular complexity index is 918. The number of aryl methyl sites for hydroxylation is 1. The summed E-state index contributed by atoms with van der Waals surface area (Å²) in [5.41, 5.74) is 2.98. The number of hydrogen-bond donors (Lipinski definition) is 0. The molecule has 1 atom stereocenters. The van der Waals surface area contributed by atoms with E-state index in [1.54, 1.807) is 0 Å². The average molecular weight is 349 g/mol. The van der Waals surface area contributed by atoms with Crippen LogP contribution in [-0.4, -0.2) is 33.9 Å². The van der Waals surface area contributed by atoms with Gasteiger partial charge >= 0.3 is 0 Å². The van der Waals surface area contributed by atoms with Gasteiger partial charge in [0, 0.05) is 24.7 Å². The molecule has 0 unspecified atom stereocenters. The minimum absolute atomic E-state index is 0.0342. The molecule has 1 aromatic carbocycles. The summed E-state index contributed by atoms with van der Waals surface area (Å²) in [6.45, 7) is 3.36. The monoisotopic (exact) mass is 349 g/mol. The predicted octanol–water partition coefficient (Wildman–Crippen LogP) is 4.02. The molecule has 0 bridgehead atoms. The molecular formula is C21H23N3O2. The van der Waals surface area contributed by atoms with Gasteiger partial charge in [-0.15, -0.1) is 0 Å². The van der Waals surface area contributed by atoms with Crippen LogP contribution in [0.2, 0.25) is 0 Å². The Hall–Kier alpha value is -2.69. The van der Waals surface area contributed by atoms with Crippen molar-refractivity contribution in [1.29, 1.82) is 0 Å². The van der Waals surface area contributed by atoms with Crippen molar-refractivity contribution < 1.29 is 9.21 Å². The zero-order chi connectivity index (χ0) is 17.9. The molecule has 3 aromatic rings. The van der Waals surface area contributed by atoms with Crippen LogP contribution in [0, 0.1) is 12.8 Å². The molecule has 3 heterocycles. The number of nitrogens with zero attached hydrogens (tertiary/aromatic N) is 3. The zero-order valence-electron chi connectivity index (χ0n) is 15.0. The van der Waals surface area contributed by atoms with Gasteiger partial charge < -0.3 is 9.32 Å². The highest BCUT2D eigenvalue weighted by Crippen LogP contribution is 2.24. The first kappa shape index (κ1) is 16.8. The van der Waals surface area contributed by atoms with E-state index >= 15 is 0 Å². The van der Waals surface area contributed by atoms with Crippen molar-refractivity contribution in [2.45, 2.75) is 32.6 Å². The van der Waals surface area contributed by atoms with Crippen LogP contribution >= 0.6 is 0 Å². The molecule has 2 aromatic heterocycles. The van der Waals surface area contributed by atoms with Crippen LogP contribution in [0.3, 0.4) is 0 Å².